The van der Waals surface area contributed by atoms with Crippen molar-refractivity contribution in [3.8, 4) is 0 Å². The van der Waals surface area contributed by atoms with E-state index in [1.54, 1.807) is 6.07 Å². The number of halogens is 1. The summed E-state index contributed by atoms with van der Waals surface area (Å²) in [5.41, 5.74) is 2.22. The highest BCUT2D eigenvalue weighted by atomic mass is 19.1. The molecule has 0 bridgehead atoms. The summed E-state index contributed by atoms with van der Waals surface area (Å²) in [6.07, 6.45) is 3.45. The van der Waals surface area contributed by atoms with Crippen LogP contribution in [0.3, 0.4) is 0 Å². The van der Waals surface area contributed by atoms with Crippen LogP contribution in [-0.4, -0.2) is 6.54 Å². The zero-order chi connectivity index (χ0) is 8.39. The zero-order valence-corrected chi connectivity index (χ0v) is 6.94. The number of aryl methyl sites for hydroxylation is 1. The average Bonchev–Trinajstić information content (AvgIpc) is 2.28. The fraction of sp³-hybridized carbons (Fsp3) is 0.400. The molecule has 1 aliphatic heterocycles. The molecule has 1 N–H and O–H groups in total. The van der Waals surface area contributed by atoms with Crippen LogP contribution in [-0.2, 0) is 6.42 Å². The molecule has 0 saturated heterocycles. The molecule has 2 heteroatoms. The molecule has 0 fully saturated rings. The van der Waals surface area contributed by atoms with Gasteiger partial charge in [0.1, 0.15) is 5.82 Å². The number of hydrogen-bond acceptors (Lipinski definition) is 1. The molecule has 1 aromatic carbocycles. The van der Waals surface area contributed by atoms with Crippen LogP contribution >= 0.6 is 0 Å². The lowest BCUT2D eigenvalue weighted by molar-refractivity contribution is 0.627. The Morgan fingerprint density at radius 2 is 2.17 bits per heavy atom. The van der Waals surface area contributed by atoms with Gasteiger partial charge < -0.3 is 5.32 Å². The van der Waals surface area contributed by atoms with Gasteiger partial charge in [-0.3, -0.25) is 0 Å². The van der Waals surface area contributed by atoms with Crippen LogP contribution in [0.4, 0.5) is 10.1 Å². The Labute approximate surface area is 71.6 Å². The number of hydrogen-bond donors (Lipinski definition) is 1. The number of fused-ring (bicyclic) bond motifs is 1. The highest BCUT2D eigenvalue weighted by Gasteiger charge is 2.06. The van der Waals surface area contributed by atoms with Crippen LogP contribution in [0.5, 0.6) is 0 Å². The molecule has 0 aliphatic carbocycles. The first kappa shape index (κ1) is 7.59. The minimum atomic E-state index is -0.150. The SMILES string of the molecule is Fc1ccc2c(c1)NCCCC2. The lowest BCUT2D eigenvalue weighted by atomic mass is 10.1. The molecule has 1 nitrogen and oxygen atoms in total. The summed E-state index contributed by atoms with van der Waals surface area (Å²) in [4.78, 5) is 0. The molecule has 1 aromatic rings. The van der Waals surface area contributed by atoms with Gasteiger partial charge in [0.25, 0.3) is 0 Å². The topological polar surface area (TPSA) is 12.0 Å². The Balaban J connectivity index is 2.36. The van der Waals surface area contributed by atoms with Gasteiger partial charge in [-0.1, -0.05) is 6.07 Å². The van der Waals surface area contributed by atoms with E-state index < -0.39 is 0 Å². The smallest absolute Gasteiger partial charge is 0.125 e. The van der Waals surface area contributed by atoms with Gasteiger partial charge in [-0.05, 0) is 37.0 Å². The fourth-order valence-electron chi connectivity index (χ4n) is 1.59. The van der Waals surface area contributed by atoms with Crippen molar-refractivity contribution in [2.45, 2.75) is 19.3 Å². The zero-order valence-electron chi connectivity index (χ0n) is 6.94. The lowest BCUT2D eigenvalue weighted by Crippen LogP contribution is -1.99. The Bertz CT molecular complexity index is 283. The summed E-state index contributed by atoms with van der Waals surface area (Å²) in [6, 6.07) is 5.00. The highest BCUT2D eigenvalue weighted by Crippen LogP contribution is 2.21. The quantitative estimate of drug-likeness (QED) is 0.623. The van der Waals surface area contributed by atoms with Crippen molar-refractivity contribution in [2.75, 3.05) is 11.9 Å². The molecule has 1 heterocycles. The molecule has 0 radical (unpaired) electrons. The van der Waals surface area contributed by atoms with E-state index in [4.69, 9.17) is 0 Å². The molecule has 0 amide bonds. The maximum absolute atomic E-state index is 12.8. The summed E-state index contributed by atoms with van der Waals surface area (Å²) in [6.45, 7) is 0.969. The van der Waals surface area contributed by atoms with E-state index in [9.17, 15) is 4.39 Å². The van der Waals surface area contributed by atoms with Crippen LogP contribution in [0.15, 0.2) is 18.2 Å². The summed E-state index contributed by atoms with van der Waals surface area (Å²) in [7, 11) is 0. The standard InChI is InChI=1S/C10H12FN/c11-9-5-4-8-3-1-2-6-12-10(8)7-9/h4-5,7,12H,1-3,6H2. The molecule has 2 rings (SSSR count). The average molecular weight is 165 g/mol. The Morgan fingerprint density at radius 1 is 1.25 bits per heavy atom. The normalized spacial score (nSPS) is 16.1. The van der Waals surface area contributed by atoms with Crippen LogP contribution in [0.1, 0.15) is 18.4 Å². The minimum Gasteiger partial charge on any atom is -0.385 e. The minimum absolute atomic E-state index is 0.150. The summed E-state index contributed by atoms with van der Waals surface area (Å²) in [5.74, 6) is -0.150. The van der Waals surface area contributed by atoms with E-state index in [1.165, 1.54) is 24.5 Å². The first-order valence-electron chi connectivity index (χ1n) is 4.38. The fourth-order valence-corrected chi connectivity index (χ4v) is 1.59. The summed E-state index contributed by atoms with van der Waals surface area (Å²) in [5, 5.41) is 3.23. The van der Waals surface area contributed by atoms with Crippen molar-refractivity contribution in [2.24, 2.45) is 0 Å². The highest BCUT2D eigenvalue weighted by molar-refractivity contribution is 5.52. The van der Waals surface area contributed by atoms with Crippen LogP contribution in [0.25, 0.3) is 0 Å². The third-order valence-corrected chi connectivity index (χ3v) is 2.26. The second-order valence-electron chi connectivity index (χ2n) is 3.19. The lowest BCUT2D eigenvalue weighted by Gasteiger charge is -2.06. The summed E-state index contributed by atoms with van der Waals surface area (Å²) < 4.78 is 12.8. The van der Waals surface area contributed by atoms with Crippen LogP contribution in [0.2, 0.25) is 0 Å². The molecule has 64 valence electrons. The second-order valence-corrected chi connectivity index (χ2v) is 3.19. The van der Waals surface area contributed by atoms with Crippen molar-refractivity contribution in [1.82, 2.24) is 0 Å². The Kier molecular flexibility index (Phi) is 1.98. The molecule has 0 unspecified atom stereocenters. The van der Waals surface area contributed by atoms with Gasteiger partial charge in [0.15, 0.2) is 0 Å². The van der Waals surface area contributed by atoms with E-state index >= 15 is 0 Å². The molecule has 0 atom stereocenters. The van der Waals surface area contributed by atoms with Gasteiger partial charge in [0, 0.05) is 12.2 Å². The number of rotatable bonds is 0. The first-order chi connectivity index (χ1) is 5.86. The van der Waals surface area contributed by atoms with Crippen molar-refractivity contribution < 1.29 is 4.39 Å². The first-order valence-corrected chi connectivity index (χ1v) is 4.38. The largest absolute Gasteiger partial charge is 0.385 e. The van der Waals surface area contributed by atoms with Gasteiger partial charge in [-0.25, -0.2) is 4.39 Å². The monoisotopic (exact) mass is 165 g/mol. The molecule has 1 aliphatic rings. The Morgan fingerprint density at radius 3 is 3.08 bits per heavy atom. The van der Waals surface area contributed by atoms with Gasteiger partial charge >= 0.3 is 0 Å². The second kappa shape index (κ2) is 3.13. The van der Waals surface area contributed by atoms with Gasteiger partial charge in [0.05, 0.1) is 0 Å². The van der Waals surface area contributed by atoms with Crippen molar-refractivity contribution in [3.05, 3.63) is 29.6 Å². The van der Waals surface area contributed by atoms with Crippen molar-refractivity contribution in [1.29, 1.82) is 0 Å². The maximum Gasteiger partial charge on any atom is 0.125 e. The van der Waals surface area contributed by atoms with E-state index in [0.29, 0.717) is 0 Å². The van der Waals surface area contributed by atoms with E-state index in [1.807, 2.05) is 6.07 Å². The number of benzene rings is 1. The molecular weight excluding hydrogens is 153 g/mol. The van der Waals surface area contributed by atoms with Crippen molar-refractivity contribution in [3.63, 3.8) is 0 Å². The van der Waals surface area contributed by atoms with Gasteiger partial charge in [0.2, 0.25) is 0 Å². The van der Waals surface area contributed by atoms with Crippen LogP contribution in [0, 0.1) is 5.82 Å². The van der Waals surface area contributed by atoms with E-state index in [0.717, 1.165) is 18.7 Å². The molecule has 0 saturated carbocycles. The summed E-state index contributed by atoms with van der Waals surface area (Å²) >= 11 is 0. The maximum atomic E-state index is 12.8. The number of nitrogens with one attached hydrogen (secondary N) is 1. The van der Waals surface area contributed by atoms with Gasteiger partial charge in [-0.15, -0.1) is 0 Å². The van der Waals surface area contributed by atoms with E-state index in [2.05, 4.69) is 5.32 Å². The molecular formula is C10H12FN. The molecule has 12 heavy (non-hydrogen) atoms. The third kappa shape index (κ3) is 1.42. The predicted octanol–water partition coefficient (Wildman–Crippen LogP) is 2.57. The van der Waals surface area contributed by atoms with Crippen molar-refractivity contribution >= 4 is 5.69 Å². The molecule has 0 aromatic heterocycles. The third-order valence-electron chi connectivity index (χ3n) is 2.26. The van der Waals surface area contributed by atoms with E-state index in [-0.39, 0.29) is 5.82 Å². The Hall–Kier alpha value is -1.05. The number of anilines is 1. The predicted molar refractivity (Wildman–Crippen MR) is 47.8 cm³/mol. The van der Waals surface area contributed by atoms with Crippen LogP contribution < -0.4 is 5.32 Å². The van der Waals surface area contributed by atoms with Gasteiger partial charge in [-0.2, -0.15) is 0 Å². The molecule has 0 spiro atoms.